The molecule has 27 heavy (non-hydrogen) atoms. The SMILES string of the molecule is O=C1OC(CNS(=O)(=O)CCCc2ccccc2)CN1c1ccc(F)cc1. The van der Waals surface area contributed by atoms with Crippen molar-refractivity contribution < 1.29 is 22.3 Å². The third-order valence-corrected chi connectivity index (χ3v) is 5.70. The lowest BCUT2D eigenvalue weighted by Crippen LogP contribution is -2.36. The maximum Gasteiger partial charge on any atom is 0.414 e. The van der Waals surface area contributed by atoms with E-state index in [1.165, 1.54) is 29.2 Å². The van der Waals surface area contributed by atoms with Gasteiger partial charge in [-0.05, 0) is 42.7 Å². The highest BCUT2D eigenvalue weighted by Gasteiger charge is 2.32. The van der Waals surface area contributed by atoms with Gasteiger partial charge in [-0.2, -0.15) is 0 Å². The van der Waals surface area contributed by atoms with E-state index in [1.807, 2.05) is 30.3 Å². The normalized spacial score (nSPS) is 17.1. The van der Waals surface area contributed by atoms with Crippen LogP contribution in [0, 0.1) is 5.82 Å². The number of nitrogens with one attached hydrogen (secondary N) is 1. The lowest BCUT2D eigenvalue weighted by atomic mass is 10.1. The zero-order valence-electron chi connectivity index (χ0n) is 14.7. The lowest BCUT2D eigenvalue weighted by molar-refractivity contribution is 0.143. The number of amides is 1. The minimum absolute atomic E-state index is 0.00420. The smallest absolute Gasteiger partial charge is 0.414 e. The number of benzene rings is 2. The van der Waals surface area contributed by atoms with Crippen molar-refractivity contribution in [2.24, 2.45) is 0 Å². The predicted molar refractivity (Wildman–Crippen MR) is 101 cm³/mol. The fraction of sp³-hybridized carbons (Fsp3) is 0.316. The van der Waals surface area contributed by atoms with Gasteiger partial charge in [-0.3, -0.25) is 4.90 Å². The van der Waals surface area contributed by atoms with Crippen LogP contribution in [0.5, 0.6) is 0 Å². The topological polar surface area (TPSA) is 75.7 Å². The number of anilines is 1. The summed E-state index contributed by atoms with van der Waals surface area (Å²) in [5.74, 6) is -0.393. The van der Waals surface area contributed by atoms with E-state index >= 15 is 0 Å². The van der Waals surface area contributed by atoms with Crippen molar-refractivity contribution >= 4 is 21.8 Å². The number of rotatable bonds is 8. The molecule has 0 radical (unpaired) electrons. The van der Waals surface area contributed by atoms with Gasteiger partial charge in [0.1, 0.15) is 11.9 Å². The third kappa shape index (κ3) is 5.51. The summed E-state index contributed by atoms with van der Waals surface area (Å²) in [7, 11) is -3.45. The number of hydrogen-bond acceptors (Lipinski definition) is 4. The number of carbonyl (C=O) groups is 1. The monoisotopic (exact) mass is 392 g/mol. The van der Waals surface area contributed by atoms with Gasteiger partial charge in [0.2, 0.25) is 10.0 Å². The number of halogens is 1. The summed E-state index contributed by atoms with van der Waals surface area (Å²) in [4.78, 5) is 13.3. The van der Waals surface area contributed by atoms with Crippen LogP contribution in [-0.4, -0.2) is 39.5 Å². The summed E-state index contributed by atoms with van der Waals surface area (Å²) in [6, 6.07) is 15.1. The Labute approximate surface area is 158 Å². The molecule has 6 nitrogen and oxygen atoms in total. The van der Waals surface area contributed by atoms with Crippen LogP contribution in [0.15, 0.2) is 54.6 Å². The molecule has 0 spiro atoms. The number of ether oxygens (including phenoxy) is 1. The van der Waals surface area contributed by atoms with Crippen molar-refractivity contribution in [1.82, 2.24) is 4.72 Å². The van der Waals surface area contributed by atoms with E-state index in [-0.39, 0.29) is 18.8 Å². The molecule has 1 fully saturated rings. The first kappa shape index (κ1) is 19.3. The summed E-state index contributed by atoms with van der Waals surface area (Å²) in [5, 5.41) is 0. The number of hydrogen-bond donors (Lipinski definition) is 1. The van der Waals surface area contributed by atoms with E-state index in [9.17, 15) is 17.6 Å². The molecule has 1 heterocycles. The van der Waals surface area contributed by atoms with Crippen LogP contribution in [0.4, 0.5) is 14.9 Å². The van der Waals surface area contributed by atoms with E-state index in [1.54, 1.807) is 0 Å². The molecule has 1 aliphatic heterocycles. The molecule has 144 valence electrons. The standard InChI is InChI=1S/C19H21FN2O4S/c20-16-8-10-17(11-9-16)22-14-18(26-19(22)23)13-21-27(24,25)12-4-7-15-5-2-1-3-6-15/h1-3,5-6,8-11,18,21H,4,7,12-14H2. The molecule has 1 unspecified atom stereocenters. The van der Waals surface area contributed by atoms with Gasteiger partial charge in [0, 0.05) is 12.2 Å². The van der Waals surface area contributed by atoms with Gasteiger partial charge < -0.3 is 4.74 Å². The van der Waals surface area contributed by atoms with Crippen molar-refractivity contribution in [3.63, 3.8) is 0 Å². The fourth-order valence-corrected chi connectivity index (χ4v) is 3.97. The Morgan fingerprint density at radius 3 is 2.52 bits per heavy atom. The minimum Gasteiger partial charge on any atom is -0.443 e. The van der Waals surface area contributed by atoms with Crippen molar-refractivity contribution in [2.45, 2.75) is 18.9 Å². The summed E-state index contributed by atoms with van der Waals surface area (Å²) in [6.45, 7) is 0.216. The Bertz CT molecular complexity index is 872. The molecular formula is C19H21FN2O4S. The molecule has 1 amide bonds. The summed E-state index contributed by atoms with van der Waals surface area (Å²) >= 11 is 0. The van der Waals surface area contributed by atoms with Crippen LogP contribution in [0.2, 0.25) is 0 Å². The molecule has 2 aromatic carbocycles. The second-order valence-electron chi connectivity index (χ2n) is 6.35. The van der Waals surface area contributed by atoms with Crippen LogP contribution < -0.4 is 9.62 Å². The van der Waals surface area contributed by atoms with Crippen LogP contribution in [0.3, 0.4) is 0 Å². The molecule has 0 aliphatic carbocycles. The van der Waals surface area contributed by atoms with Gasteiger partial charge in [-0.25, -0.2) is 22.3 Å². The first-order valence-electron chi connectivity index (χ1n) is 8.68. The van der Waals surface area contributed by atoms with Gasteiger partial charge in [-0.1, -0.05) is 30.3 Å². The molecule has 0 bridgehead atoms. The number of nitrogens with zero attached hydrogens (tertiary/aromatic N) is 1. The van der Waals surface area contributed by atoms with Crippen molar-refractivity contribution in [1.29, 1.82) is 0 Å². The predicted octanol–water partition coefficient (Wildman–Crippen LogP) is 2.70. The van der Waals surface area contributed by atoms with Crippen LogP contribution in [0.25, 0.3) is 0 Å². The van der Waals surface area contributed by atoms with Gasteiger partial charge in [0.25, 0.3) is 0 Å². The highest BCUT2D eigenvalue weighted by molar-refractivity contribution is 7.89. The van der Waals surface area contributed by atoms with E-state index < -0.39 is 28.0 Å². The van der Waals surface area contributed by atoms with Gasteiger partial charge in [-0.15, -0.1) is 0 Å². The van der Waals surface area contributed by atoms with Gasteiger partial charge in [0.05, 0.1) is 12.3 Å². The molecule has 0 aromatic heterocycles. The van der Waals surface area contributed by atoms with Crippen molar-refractivity contribution in [3.05, 3.63) is 66.0 Å². The number of cyclic esters (lactones) is 1. The van der Waals surface area contributed by atoms with Gasteiger partial charge >= 0.3 is 6.09 Å². The highest BCUT2D eigenvalue weighted by Crippen LogP contribution is 2.21. The molecule has 1 N–H and O–H groups in total. The quantitative estimate of drug-likeness (QED) is 0.750. The molecule has 8 heteroatoms. The first-order chi connectivity index (χ1) is 12.9. The summed E-state index contributed by atoms with van der Waals surface area (Å²) < 4.78 is 45.0. The van der Waals surface area contributed by atoms with Crippen LogP contribution >= 0.6 is 0 Å². The molecule has 1 saturated heterocycles. The molecular weight excluding hydrogens is 371 g/mol. The van der Waals surface area contributed by atoms with E-state index in [0.29, 0.717) is 18.5 Å². The largest absolute Gasteiger partial charge is 0.443 e. The van der Waals surface area contributed by atoms with Crippen LogP contribution in [-0.2, 0) is 21.2 Å². The van der Waals surface area contributed by atoms with Crippen molar-refractivity contribution in [3.8, 4) is 0 Å². The fourth-order valence-electron chi connectivity index (χ4n) is 2.86. The van der Waals surface area contributed by atoms with Crippen LogP contribution in [0.1, 0.15) is 12.0 Å². The maximum atomic E-state index is 13.0. The minimum atomic E-state index is -3.45. The second kappa shape index (κ2) is 8.49. The zero-order chi connectivity index (χ0) is 19.3. The van der Waals surface area contributed by atoms with Crippen molar-refractivity contribution in [2.75, 3.05) is 23.7 Å². The molecule has 1 aliphatic rings. The maximum absolute atomic E-state index is 13.0. The summed E-state index contributed by atoms with van der Waals surface area (Å²) in [5.41, 5.74) is 1.60. The van der Waals surface area contributed by atoms with E-state index in [2.05, 4.69) is 4.72 Å². The van der Waals surface area contributed by atoms with E-state index in [0.717, 1.165) is 5.56 Å². The highest BCUT2D eigenvalue weighted by atomic mass is 32.2. The Morgan fingerprint density at radius 2 is 1.81 bits per heavy atom. The Kier molecular flexibility index (Phi) is 6.08. The Hall–Kier alpha value is -2.45. The second-order valence-corrected chi connectivity index (χ2v) is 8.28. The average Bonchev–Trinajstić information content (AvgIpc) is 3.02. The molecule has 1 atom stereocenters. The zero-order valence-corrected chi connectivity index (χ0v) is 15.5. The Balaban J connectivity index is 1.46. The van der Waals surface area contributed by atoms with E-state index in [4.69, 9.17) is 4.74 Å². The third-order valence-electron chi connectivity index (χ3n) is 4.26. The summed E-state index contributed by atoms with van der Waals surface area (Å²) in [6.07, 6.45) is 0.0191. The molecule has 2 aromatic rings. The lowest BCUT2D eigenvalue weighted by Gasteiger charge is -2.13. The first-order valence-corrected chi connectivity index (χ1v) is 10.3. The number of aryl methyl sites for hydroxylation is 1. The number of carbonyl (C=O) groups excluding carboxylic acids is 1. The Morgan fingerprint density at radius 1 is 1.11 bits per heavy atom. The number of sulfonamides is 1. The molecule has 3 rings (SSSR count). The van der Waals surface area contributed by atoms with Gasteiger partial charge in [0.15, 0.2) is 0 Å². The molecule has 0 saturated carbocycles. The average molecular weight is 392 g/mol.